The summed E-state index contributed by atoms with van der Waals surface area (Å²) in [5.74, 6) is -2.59. The molecule has 2 N–H and O–H groups in total. The van der Waals surface area contributed by atoms with Crippen LogP contribution >= 0.6 is 0 Å². The molecule has 0 unspecified atom stereocenters. The largest absolute Gasteiger partial charge is 0.497 e. The van der Waals surface area contributed by atoms with E-state index in [1.807, 2.05) is 0 Å². The van der Waals surface area contributed by atoms with Crippen LogP contribution in [0, 0.1) is 0 Å². The second kappa shape index (κ2) is 5.52. The van der Waals surface area contributed by atoms with Gasteiger partial charge in [-0.15, -0.1) is 0 Å². The van der Waals surface area contributed by atoms with Crippen LogP contribution in [0.3, 0.4) is 0 Å². The maximum absolute atomic E-state index is 13.2. The van der Waals surface area contributed by atoms with Crippen LogP contribution in [0.5, 0.6) is 5.75 Å². The SMILES string of the molecule is COc1cccc(C(=O)N[C@@H]2CNCC(F)(F)C2)c1. The average Bonchev–Trinajstić information content (AvgIpc) is 2.37. The zero-order valence-electron chi connectivity index (χ0n) is 10.6. The van der Waals surface area contributed by atoms with Gasteiger partial charge in [-0.3, -0.25) is 4.79 Å². The minimum atomic E-state index is -2.77. The van der Waals surface area contributed by atoms with Gasteiger partial charge >= 0.3 is 0 Å². The summed E-state index contributed by atoms with van der Waals surface area (Å²) in [6, 6.07) is 6.02. The van der Waals surface area contributed by atoms with Crippen LogP contribution in [0.4, 0.5) is 8.78 Å². The van der Waals surface area contributed by atoms with Gasteiger partial charge in [0.15, 0.2) is 0 Å². The summed E-state index contributed by atoms with van der Waals surface area (Å²) < 4.78 is 31.4. The zero-order chi connectivity index (χ0) is 13.9. The normalized spacial score (nSPS) is 21.7. The number of hydrogen-bond acceptors (Lipinski definition) is 3. The smallest absolute Gasteiger partial charge is 0.262 e. The van der Waals surface area contributed by atoms with Crippen LogP contribution in [0.2, 0.25) is 0 Å². The Hall–Kier alpha value is -1.69. The molecule has 1 aliphatic heterocycles. The van der Waals surface area contributed by atoms with Gasteiger partial charge in [-0.2, -0.15) is 0 Å². The van der Waals surface area contributed by atoms with Crippen molar-refractivity contribution in [3.8, 4) is 5.75 Å². The first kappa shape index (κ1) is 13.7. The number of nitrogens with one attached hydrogen (secondary N) is 2. The summed E-state index contributed by atoms with van der Waals surface area (Å²) >= 11 is 0. The molecule has 6 heteroatoms. The van der Waals surface area contributed by atoms with Gasteiger partial charge in [0.2, 0.25) is 0 Å². The van der Waals surface area contributed by atoms with E-state index in [9.17, 15) is 13.6 Å². The highest BCUT2D eigenvalue weighted by atomic mass is 19.3. The van der Waals surface area contributed by atoms with Gasteiger partial charge in [0.1, 0.15) is 5.75 Å². The lowest BCUT2D eigenvalue weighted by molar-refractivity contribution is -0.0301. The van der Waals surface area contributed by atoms with Gasteiger partial charge in [0.05, 0.1) is 13.7 Å². The van der Waals surface area contributed by atoms with E-state index >= 15 is 0 Å². The predicted octanol–water partition coefficient (Wildman–Crippen LogP) is 1.42. The lowest BCUT2D eigenvalue weighted by Gasteiger charge is -2.30. The minimum Gasteiger partial charge on any atom is -0.497 e. The van der Waals surface area contributed by atoms with E-state index in [2.05, 4.69) is 10.6 Å². The second-order valence-electron chi connectivity index (χ2n) is 4.59. The minimum absolute atomic E-state index is 0.335. The van der Waals surface area contributed by atoms with Gasteiger partial charge in [-0.25, -0.2) is 8.78 Å². The van der Waals surface area contributed by atoms with E-state index in [-0.39, 0.29) is 18.9 Å². The van der Waals surface area contributed by atoms with Crippen LogP contribution in [-0.2, 0) is 0 Å². The summed E-state index contributed by atoms with van der Waals surface area (Å²) in [7, 11) is 1.50. The van der Waals surface area contributed by atoms with Crippen molar-refractivity contribution in [2.75, 3.05) is 20.2 Å². The number of hydrogen-bond donors (Lipinski definition) is 2. The van der Waals surface area contributed by atoms with Crippen molar-refractivity contribution in [3.63, 3.8) is 0 Å². The van der Waals surface area contributed by atoms with Crippen molar-refractivity contribution < 1.29 is 18.3 Å². The maximum atomic E-state index is 13.2. The van der Waals surface area contributed by atoms with Crippen LogP contribution in [0.15, 0.2) is 24.3 Å². The molecule has 104 valence electrons. The number of amides is 1. The van der Waals surface area contributed by atoms with E-state index in [4.69, 9.17) is 4.74 Å². The first-order valence-corrected chi connectivity index (χ1v) is 6.04. The Morgan fingerprint density at radius 1 is 1.53 bits per heavy atom. The molecule has 0 bridgehead atoms. The number of carbonyl (C=O) groups excluding carboxylic acids is 1. The monoisotopic (exact) mass is 270 g/mol. The highest BCUT2D eigenvalue weighted by Crippen LogP contribution is 2.22. The van der Waals surface area contributed by atoms with Crippen molar-refractivity contribution in [2.24, 2.45) is 0 Å². The average molecular weight is 270 g/mol. The first-order chi connectivity index (χ1) is 9.00. The summed E-state index contributed by atoms with van der Waals surface area (Å²) in [5.41, 5.74) is 0.397. The number of benzene rings is 1. The van der Waals surface area contributed by atoms with Gasteiger partial charge in [0.25, 0.3) is 11.8 Å². The Morgan fingerprint density at radius 2 is 2.32 bits per heavy atom. The van der Waals surface area contributed by atoms with Gasteiger partial charge < -0.3 is 15.4 Å². The second-order valence-corrected chi connectivity index (χ2v) is 4.59. The van der Waals surface area contributed by atoms with Crippen LogP contribution in [0.25, 0.3) is 0 Å². The molecule has 19 heavy (non-hydrogen) atoms. The molecule has 0 spiro atoms. The third-order valence-electron chi connectivity index (χ3n) is 2.99. The first-order valence-electron chi connectivity index (χ1n) is 6.04. The van der Waals surface area contributed by atoms with Crippen molar-refractivity contribution in [3.05, 3.63) is 29.8 Å². The summed E-state index contributed by atoms with van der Waals surface area (Å²) in [5, 5.41) is 5.22. The zero-order valence-corrected chi connectivity index (χ0v) is 10.6. The Morgan fingerprint density at radius 3 is 3.00 bits per heavy atom. The van der Waals surface area contributed by atoms with Crippen LogP contribution in [0.1, 0.15) is 16.8 Å². The Bertz CT molecular complexity index is 466. The van der Waals surface area contributed by atoms with Gasteiger partial charge in [-0.1, -0.05) is 6.07 Å². The number of carbonyl (C=O) groups is 1. The lowest BCUT2D eigenvalue weighted by Crippen LogP contribution is -2.53. The predicted molar refractivity (Wildman–Crippen MR) is 66.7 cm³/mol. The molecular formula is C13H16F2N2O2. The molecule has 1 saturated heterocycles. The quantitative estimate of drug-likeness (QED) is 0.873. The maximum Gasteiger partial charge on any atom is 0.262 e. The molecule has 0 aromatic heterocycles. The molecule has 0 saturated carbocycles. The molecule has 1 aromatic carbocycles. The molecule has 2 rings (SSSR count). The van der Waals surface area contributed by atoms with Crippen LogP contribution in [-0.4, -0.2) is 38.1 Å². The molecule has 0 aliphatic carbocycles. The highest BCUT2D eigenvalue weighted by Gasteiger charge is 2.36. The van der Waals surface area contributed by atoms with Crippen molar-refractivity contribution in [1.29, 1.82) is 0 Å². The number of rotatable bonds is 3. The summed E-state index contributed by atoms with van der Waals surface area (Å²) in [4.78, 5) is 12.0. The number of alkyl halides is 2. The summed E-state index contributed by atoms with van der Waals surface area (Å²) in [6.45, 7) is 0.0177. The van der Waals surface area contributed by atoms with E-state index in [1.165, 1.54) is 7.11 Å². The molecule has 1 fully saturated rings. The van der Waals surface area contributed by atoms with Gasteiger partial charge in [0, 0.05) is 24.6 Å². The molecule has 1 amide bonds. The van der Waals surface area contributed by atoms with Crippen LogP contribution < -0.4 is 15.4 Å². The topological polar surface area (TPSA) is 50.4 Å². The lowest BCUT2D eigenvalue weighted by atomic mass is 10.0. The van der Waals surface area contributed by atoms with Gasteiger partial charge in [-0.05, 0) is 18.2 Å². The Labute approximate surface area is 110 Å². The fraction of sp³-hybridized carbons (Fsp3) is 0.462. The fourth-order valence-corrected chi connectivity index (χ4v) is 2.07. The fourth-order valence-electron chi connectivity index (χ4n) is 2.07. The van der Waals surface area contributed by atoms with E-state index in [0.717, 1.165) is 0 Å². The van der Waals surface area contributed by atoms with Crippen molar-refractivity contribution in [2.45, 2.75) is 18.4 Å². The van der Waals surface area contributed by atoms with E-state index in [1.54, 1.807) is 24.3 Å². The number of ether oxygens (including phenoxy) is 1. The Balaban J connectivity index is 2.00. The van der Waals surface area contributed by atoms with Crippen molar-refractivity contribution >= 4 is 5.91 Å². The molecule has 0 radical (unpaired) electrons. The number of halogens is 2. The molecule has 1 aromatic rings. The molecule has 1 heterocycles. The third-order valence-corrected chi connectivity index (χ3v) is 2.99. The highest BCUT2D eigenvalue weighted by molar-refractivity contribution is 5.94. The summed E-state index contributed by atoms with van der Waals surface area (Å²) in [6.07, 6.45) is -0.338. The number of methoxy groups -OCH3 is 1. The van der Waals surface area contributed by atoms with Crippen molar-refractivity contribution in [1.82, 2.24) is 10.6 Å². The third kappa shape index (κ3) is 3.64. The standard InChI is InChI=1S/C13H16F2N2O2/c1-19-11-4-2-3-9(5-11)12(18)17-10-6-13(14,15)8-16-7-10/h2-5,10,16H,6-8H2,1H3,(H,17,18)/t10-/m0/s1. The Kier molecular flexibility index (Phi) is 3.99. The number of piperidine rings is 1. The van der Waals surface area contributed by atoms with E-state index < -0.39 is 12.0 Å². The molecular weight excluding hydrogens is 254 g/mol. The molecule has 1 aliphatic rings. The molecule has 4 nitrogen and oxygen atoms in total. The van der Waals surface area contributed by atoms with E-state index in [0.29, 0.717) is 17.9 Å². The molecule has 1 atom stereocenters.